The van der Waals surface area contributed by atoms with Crippen LogP contribution in [0.2, 0.25) is 0 Å². The smallest absolute Gasteiger partial charge is 0.243 e. The number of nitrogens with zero attached hydrogens (tertiary/aromatic N) is 1. The van der Waals surface area contributed by atoms with E-state index in [1.165, 1.54) is 0 Å². The quantitative estimate of drug-likeness (QED) is 0.658. The number of imide groups is 1. The van der Waals surface area contributed by atoms with E-state index in [1.807, 2.05) is 0 Å². The fourth-order valence-corrected chi connectivity index (χ4v) is 4.29. The summed E-state index contributed by atoms with van der Waals surface area (Å²) in [6.07, 6.45) is 3.59. The highest BCUT2D eigenvalue weighted by Gasteiger charge is 2.63. The summed E-state index contributed by atoms with van der Waals surface area (Å²) in [5.74, 6) is -1.08. The van der Waals surface area contributed by atoms with E-state index in [-0.39, 0.29) is 47.8 Å². The molecule has 3 amide bonds. The lowest BCUT2D eigenvalue weighted by Crippen LogP contribution is -2.51. The summed E-state index contributed by atoms with van der Waals surface area (Å²) in [4.78, 5) is 38.7. The van der Waals surface area contributed by atoms with Crippen LogP contribution in [0.25, 0.3) is 0 Å². The second-order valence-corrected chi connectivity index (χ2v) is 7.31. The maximum absolute atomic E-state index is 12.6. The van der Waals surface area contributed by atoms with Gasteiger partial charge in [0.15, 0.2) is 0 Å². The van der Waals surface area contributed by atoms with E-state index in [0.717, 1.165) is 30.6 Å². The number of ether oxygens (including phenoxy) is 1. The molecule has 23 heavy (non-hydrogen) atoms. The van der Waals surface area contributed by atoms with Gasteiger partial charge >= 0.3 is 0 Å². The third-order valence-electron chi connectivity index (χ3n) is 5.82. The molecule has 4 fully saturated rings. The molecule has 3 N–H and O–H groups in total. The molecule has 3 saturated heterocycles. The highest BCUT2D eigenvalue weighted by Crippen LogP contribution is 2.48. The standard InChI is InChI=1S/C16H23N3O4/c1-7(14(20)18-6-9(17)8-2-3-8)19-15(21)12-10-4-5-11(23-10)13(12)16(19)22/h7-13H,2-6,17H2,1H3,(H,18,20). The van der Waals surface area contributed by atoms with Gasteiger partial charge < -0.3 is 15.8 Å². The summed E-state index contributed by atoms with van der Waals surface area (Å²) < 4.78 is 5.70. The highest BCUT2D eigenvalue weighted by molar-refractivity contribution is 6.09. The Kier molecular flexibility index (Phi) is 3.46. The fourth-order valence-electron chi connectivity index (χ4n) is 4.29. The number of amides is 3. The number of likely N-dealkylation sites (tertiary alicyclic amines) is 1. The molecule has 2 bridgehead atoms. The van der Waals surface area contributed by atoms with Crippen molar-refractivity contribution >= 4 is 17.7 Å². The summed E-state index contributed by atoms with van der Waals surface area (Å²) >= 11 is 0. The molecule has 3 aliphatic heterocycles. The molecule has 126 valence electrons. The van der Waals surface area contributed by atoms with Gasteiger partial charge in [-0.15, -0.1) is 0 Å². The third kappa shape index (κ3) is 2.29. The zero-order valence-corrected chi connectivity index (χ0v) is 13.2. The lowest BCUT2D eigenvalue weighted by molar-refractivity contribution is -0.149. The molecule has 6 atom stereocenters. The molecule has 0 aromatic rings. The van der Waals surface area contributed by atoms with E-state index in [2.05, 4.69) is 5.32 Å². The maximum atomic E-state index is 12.6. The van der Waals surface area contributed by atoms with Crippen LogP contribution in [0.15, 0.2) is 0 Å². The zero-order valence-electron chi connectivity index (χ0n) is 13.2. The Morgan fingerprint density at radius 3 is 2.30 bits per heavy atom. The summed E-state index contributed by atoms with van der Waals surface area (Å²) in [6.45, 7) is 2.00. The average molecular weight is 321 g/mol. The molecule has 1 saturated carbocycles. The van der Waals surface area contributed by atoms with Crippen LogP contribution in [0.4, 0.5) is 0 Å². The van der Waals surface area contributed by atoms with Crippen molar-refractivity contribution in [3.05, 3.63) is 0 Å². The summed E-state index contributed by atoms with van der Waals surface area (Å²) in [7, 11) is 0. The average Bonchev–Trinajstić information content (AvgIpc) is 3.10. The first-order valence-electron chi connectivity index (χ1n) is 8.54. The van der Waals surface area contributed by atoms with Crippen LogP contribution in [0.1, 0.15) is 32.6 Å². The van der Waals surface area contributed by atoms with Gasteiger partial charge in [0.2, 0.25) is 17.7 Å². The molecule has 3 heterocycles. The van der Waals surface area contributed by atoms with Gasteiger partial charge in [-0.2, -0.15) is 0 Å². The summed E-state index contributed by atoms with van der Waals surface area (Å²) in [5.41, 5.74) is 5.98. The van der Waals surface area contributed by atoms with E-state index >= 15 is 0 Å². The Bertz CT molecular complexity index is 534. The number of rotatable bonds is 5. The Morgan fingerprint density at radius 2 is 1.78 bits per heavy atom. The van der Waals surface area contributed by atoms with Crippen molar-refractivity contribution in [3.63, 3.8) is 0 Å². The van der Waals surface area contributed by atoms with Gasteiger partial charge in [-0.1, -0.05) is 0 Å². The minimum Gasteiger partial charge on any atom is -0.373 e. The Balaban J connectivity index is 1.41. The molecular formula is C16H23N3O4. The number of carbonyl (C=O) groups is 3. The number of hydrogen-bond acceptors (Lipinski definition) is 5. The van der Waals surface area contributed by atoms with Crippen LogP contribution in [0.3, 0.4) is 0 Å². The monoisotopic (exact) mass is 321 g/mol. The van der Waals surface area contributed by atoms with Crippen molar-refractivity contribution in [2.24, 2.45) is 23.5 Å². The number of hydrogen-bond donors (Lipinski definition) is 2. The van der Waals surface area contributed by atoms with Gasteiger partial charge in [-0.25, -0.2) is 0 Å². The van der Waals surface area contributed by atoms with E-state index < -0.39 is 6.04 Å². The molecule has 4 rings (SSSR count). The topological polar surface area (TPSA) is 102 Å². The Labute approximate surface area is 134 Å². The normalized spacial score (nSPS) is 37.9. The predicted molar refractivity (Wildman–Crippen MR) is 79.9 cm³/mol. The van der Waals surface area contributed by atoms with Crippen LogP contribution in [0, 0.1) is 17.8 Å². The molecule has 0 radical (unpaired) electrons. The highest BCUT2D eigenvalue weighted by atomic mass is 16.5. The molecule has 6 unspecified atom stereocenters. The summed E-state index contributed by atoms with van der Waals surface area (Å²) in [6, 6.07) is -0.828. The van der Waals surface area contributed by atoms with Crippen molar-refractivity contribution < 1.29 is 19.1 Å². The van der Waals surface area contributed by atoms with Crippen LogP contribution >= 0.6 is 0 Å². The third-order valence-corrected chi connectivity index (χ3v) is 5.82. The van der Waals surface area contributed by atoms with Crippen molar-refractivity contribution in [2.75, 3.05) is 6.54 Å². The molecular weight excluding hydrogens is 298 g/mol. The molecule has 0 spiro atoms. The minimum atomic E-state index is -0.786. The summed E-state index contributed by atoms with van der Waals surface area (Å²) in [5, 5.41) is 2.78. The number of fused-ring (bicyclic) bond motifs is 5. The molecule has 0 aromatic heterocycles. The molecule has 4 aliphatic rings. The van der Waals surface area contributed by atoms with Gasteiger partial charge in [-0.05, 0) is 38.5 Å². The number of nitrogens with two attached hydrogens (primary N) is 1. The number of nitrogens with one attached hydrogen (secondary N) is 1. The van der Waals surface area contributed by atoms with Crippen LogP contribution in [-0.4, -0.2) is 53.5 Å². The zero-order chi connectivity index (χ0) is 16.3. The first-order valence-corrected chi connectivity index (χ1v) is 8.54. The SMILES string of the molecule is CC(C(=O)NCC(N)C1CC1)N1C(=O)C2C3CCC(O3)C2C1=O. The van der Waals surface area contributed by atoms with Crippen molar-refractivity contribution in [3.8, 4) is 0 Å². The Morgan fingerprint density at radius 1 is 1.22 bits per heavy atom. The lowest BCUT2D eigenvalue weighted by Gasteiger charge is -2.24. The predicted octanol–water partition coefficient (Wildman–Crippen LogP) is -0.609. The first kappa shape index (κ1) is 15.1. The van der Waals surface area contributed by atoms with E-state index in [0.29, 0.717) is 12.5 Å². The minimum absolute atomic E-state index is 0.0419. The molecule has 1 aliphatic carbocycles. The van der Waals surface area contributed by atoms with E-state index in [9.17, 15) is 14.4 Å². The molecule has 7 heteroatoms. The van der Waals surface area contributed by atoms with Crippen LogP contribution in [0.5, 0.6) is 0 Å². The Hall–Kier alpha value is -1.47. The van der Waals surface area contributed by atoms with Gasteiger partial charge in [0.25, 0.3) is 0 Å². The van der Waals surface area contributed by atoms with Gasteiger partial charge in [0.05, 0.1) is 24.0 Å². The second kappa shape index (κ2) is 5.27. The van der Waals surface area contributed by atoms with Crippen molar-refractivity contribution in [2.45, 2.75) is 56.9 Å². The van der Waals surface area contributed by atoms with E-state index in [4.69, 9.17) is 10.5 Å². The van der Waals surface area contributed by atoms with Crippen LogP contribution in [-0.2, 0) is 19.1 Å². The lowest BCUT2D eigenvalue weighted by atomic mass is 9.81. The van der Waals surface area contributed by atoms with Crippen molar-refractivity contribution in [1.82, 2.24) is 10.2 Å². The number of carbonyl (C=O) groups excluding carboxylic acids is 3. The van der Waals surface area contributed by atoms with E-state index in [1.54, 1.807) is 6.92 Å². The van der Waals surface area contributed by atoms with Gasteiger partial charge in [0, 0.05) is 12.6 Å². The fraction of sp³-hybridized carbons (Fsp3) is 0.812. The molecule has 0 aromatic carbocycles. The first-order chi connectivity index (χ1) is 11.0. The molecule has 7 nitrogen and oxygen atoms in total. The van der Waals surface area contributed by atoms with Crippen molar-refractivity contribution in [1.29, 1.82) is 0 Å². The maximum Gasteiger partial charge on any atom is 0.243 e. The van der Waals surface area contributed by atoms with Gasteiger partial charge in [0.1, 0.15) is 6.04 Å². The van der Waals surface area contributed by atoms with Crippen LogP contribution < -0.4 is 11.1 Å². The largest absolute Gasteiger partial charge is 0.373 e. The second-order valence-electron chi connectivity index (χ2n) is 7.31. The van der Waals surface area contributed by atoms with Gasteiger partial charge in [-0.3, -0.25) is 19.3 Å².